The zero-order chi connectivity index (χ0) is 45.5. The number of carbonyl (C=O) groups is 2. The first-order valence-corrected chi connectivity index (χ1v) is 24.8. The highest BCUT2D eigenvalue weighted by atomic mass is 28.4. The van der Waals surface area contributed by atoms with Crippen molar-refractivity contribution < 1.29 is 51.9 Å². The Balaban J connectivity index is 1.31. The summed E-state index contributed by atoms with van der Waals surface area (Å²) in [6, 6.07) is 37.1. The molecule has 2 aliphatic heterocycles. The maximum atomic E-state index is 13.9. The average molecular weight is 895 g/mol. The van der Waals surface area contributed by atoms with E-state index in [0.29, 0.717) is 40.8 Å². The van der Waals surface area contributed by atoms with Crippen molar-refractivity contribution >= 4 is 20.3 Å². The molecule has 344 valence electrons. The molecule has 8 atom stereocenters. The van der Waals surface area contributed by atoms with Gasteiger partial charge in [0.15, 0.2) is 33.1 Å². The van der Waals surface area contributed by atoms with Crippen LogP contribution in [0.5, 0.6) is 0 Å². The van der Waals surface area contributed by atoms with E-state index in [1.54, 1.807) is 48.5 Å². The lowest BCUT2D eigenvalue weighted by Gasteiger charge is -2.43. The van der Waals surface area contributed by atoms with E-state index < -0.39 is 69.5 Å². The van der Waals surface area contributed by atoms with Gasteiger partial charge < -0.3 is 42.3 Å². The van der Waals surface area contributed by atoms with Crippen LogP contribution in [0.3, 0.4) is 0 Å². The molecule has 0 unspecified atom stereocenters. The van der Waals surface area contributed by atoms with Crippen LogP contribution in [0.4, 0.5) is 0 Å². The fraction of sp³-hybridized carbons (Fsp3) is 0.462. The van der Waals surface area contributed by atoms with Crippen LogP contribution in [0.1, 0.15) is 86.2 Å². The van der Waals surface area contributed by atoms with Crippen LogP contribution < -0.4 is 0 Å². The Kier molecular flexibility index (Phi) is 18.5. The van der Waals surface area contributed by atoms with Gasteiger partial charge in [-0.3, -0.25) is 0 Å². The topological polar surface area (TPSA) is 117 Å². The van der Waals surface area contributed by atoms with Crippen molar-refractivity contribution in [2.24, 2.45) is 0 Å². The molecule has 2 fully saturated rings. The molecule has 2 aliphatic rings. The summed E-state index contributed by atoms with van der Waals surface area (Å²) in [4.78, 5) is 27.6. The molecule has 0 aromatic heterocycles. The summed E-state index contributed by atoms with van der Waals surface area (Å²) in [6.07, 6.45) is -3.90. The number of rotatable bonds is 24. The highest BCUT2D eigenvalue weighted by molar-refractivity contribution is 6.77. The van der Waals surface area contributed by atoms with E-state index in [2.05, 4.69) is 48.1 Å². The lowest BCUT2D eigenvalue weighted by atomic mass is 10.1. The molecule has 11 nitrogen and oxygen atoms in total. The molecule has 4 aromatic carbocycles. The molecule has 6 rings (SSSR count). The summed E-state index contributed by atoms with van der Waals surface area (Å²) >= 11 is 0. The average Bonchev–Trinajstić information content (AvgIpc) is 3.81. The third-order valence-corrected chi connectivity index (χ3v) is 18.2. The highest BCUT2D eigenvalue weighted by Gasteiger charge is 2.54. The van der Waals surface area contributed by atoms with Gasteiger partial charge in [-0.05, 0) is 64.9 Å². The van der Waals surface area contributed by atoms with Crippen molar-refractivity contribution in [1.29, 1.82) is 0 Å². The second-order valence-corrected chi connectivity index (χ2v) is 22.8. The molecular formula is C52H66O11Si. The Morgan fingerprint density at radius 1 is 0.562 bits per heavy atom. The van der Waals surface area contributed by atoms with E-state index >= 15 is 0 Å². The molecule has 0 N–H and O–H groups in total. The maximum absolute atomic E-state index is 13.9. The van der Waals surface area contributed by atoms with Gasteiger partial charge in [-0.25, -0.2) is 9.59 Å². The number of allylic oxidation sites excluding steroid dienone is 1. The summed E-state index contributed by atoms with van der Waals surface area (Å²) in [5.74, 6) is -1.09. The van der Waals surface area contributed by atoms with Crippen LogP contribution >= 0.6 is 0 Å². The summed E-state index contributed by atoms with van der Waals surface area (Å²) in [5.41, 5.74) is 3.58. The summed E-state index contributed by atoms with van der Waals surface area (Å²) in [5, 5.41) is 0. The number of hydrogen-bond acceptors (Lipinski definition) is 11. The van der Waals surface area contributed by atoms with Gasteiger partial charge in [0.05, 0.1) is 44.2 Å². The van der Waals surface area contributed by atoms with E-state index in [4.69, 9.17) is 42.3 Å². The standard InChI is InChI=1S/C52H66O11Si/c1-8-9-22-31-55-51-47(62-49(53)41-27-18-12-19-28-41)45(56-32-39-23-14-10-15-24-39)43(60-51)34-58-52-48(63-50(54)42-29-20-13-21-30-42)46(57-33-40-25-16-11-17-26-40)44(61-52)35-59-64(36(2)3,37(4)5)38(6)7/h8,10-21,23-30,36-38,43-48,51-52H,1,9,22,31-35H2,2-7H3/t43-,44-,45-,46-,47+,48+,51+,52+/m1/s1. The van der Waals surface area contributed by atoms with Crippen LogP contribution in [0, 0.1) is 0 Å². The minimum atomic E-state index is -2.38. The van der Waals surface area contributed by atoms with Crippen LogP contribution in [-0.2, 0) is 55.5 Å². The number of carbonyl (C=O) groups excluding carboxylic acids is 2. The third kappa shape index (κ3) is 12.6. The maximum Gasteiger partial charge on any atom is 0.338 e. The largest absolute Gasteiger partial charge is 0.450 e. The first-order chi connectivity index (χ1) is 31.0. The van der Waals surface area contributed by atoms with Gasteiger partial charge >= 0.3 is 11.9 Å². The Hall–Kier alpha value is -4.50. The predicted molar refractivity (Wildman–Crippen MR) is 247 cm³/mol. The number of unbranched alkanes of at least 4 members (excludes halogenated alkanes) is 1. The zero-order valence-electron chi connectivity index (χ0n) is 38.1. The lowest BCUT2D eigenvalue weighted by molar-refractivity contribution is -0.206. The Bertz CT molecular complexity index is 1980. The van der Waals surface area contributed by atoms with Crippen molar-refractivity contribution in [3.8, 4) is 0 Å². The Morgan fingerprint density at radius 2 is 0.969 bits per heavy atom. The predicted octanol–water partition coefficient (Wildman–Crippen LogP) is 10.2. The Morgan fingerprint density at radius 3 is 1.39 bits per heavy atom. The molecular weight excluding hydrogens is 829 g/mol. The number of benzene rings is 4. The number of esters is 2. The summed E-state index contributed by atoms with van der Waals surface area (Å²) < 4.78 is 59.3. The van der Waals surface area contributed by atoms with Gasteiger partial charge in [0.2, 0.25) is 0 Å². The quantitative estimate of drug-likeness (QED) is 0.0290. The van der Waals surface area contributed by atoms with Gasteiger partial charge in [-0.15, -0.1) is 6.58 Å². The summed E-state index contributed by atoms with van der Waals surface area (Å²) in [7, 11) is -2.38. The minimum Gasteiger partial charge on any atom is -0.450 e. The van der Waals surface area contributed by atoms with Crippen molar-refractivity contribution in [2.75, 3.05) is 19.8 Å². The van der Waals surface area contributed by atoms with Crippen LogP contribution in [0.15, 0.2) is 134 Å². The van der Waals surface area contributed by atoms with Crippen LogP contribution in [0.25, 0.3) is 0 Å². The molecule has 0 saturated carbocycles. The summed E-state index contributed by atoms with van der Waals surface area (Å²) in [6.45, 7) is 18.1. The van der Waals surface area contributed by atoms with E-state index in [9.17, 15) is 9.59 Å². The molecule has 2 heterocycles. The minimum absolute atomic E-state index is 0.100. The third-order valence-electron chi connectivity index (χ3n) is 12.1. The van der Waals surface area contributed by atoms with Gasteiger partial charge in [-0.1, -0.05) is 145 Å². The van der Waals surface area contributed by atoms with Crippen molar-refractivity contribution in [3.63, 3.8) is 0 Å². The molecule has 0 amide bonds. The van der Waals surface area contributed by atoms with Gasteiger partial charge in [0, 0.05) is 0 Å². The molecule has 12 heteroatoms. The first kappa shape index (κ1) is 48.9. The molecule has 2 saturated heterocycles. The van der Waals surface area contributed by atoms with Gasteiger partial charge in [-0.2, -0.15) is 0 Å². The van der Waals surface area contributed by atoms with Crippen molar-refractivity contribution in [3.05, 3.63) is 156 Å². The van der Waals surface area contributed by atoms with E-state index in [1.165, 1.54) is 0 Å². The second-order valence-electron chi connectivity index (χ2n) is 17.3. The van der Waals surface area contributed by atoms with E-state index in [0.717, 1.165) is 17.5 Å². The molecule has 0 spiro atoms. The number of hydrogen-bond donors (Lipinski definition) is 0. The fourth-order valence-electron chi connectivity index (χ4n) is 8.98. The van der Waals surface area contributed by atoms with Gasteiger partial charge in [0.1, 0.15) is 24.4 Å². The molecule has 0 aliphatic carbocycles. The molecule has 4 aromatic rings. The SMILES string of the molecule is C=CCCCO[C@H]1O[C@H](CO[C@H]2O[C@H](CO[Si](C(C)C)(C(C)C)C(C)C)[C@@H](OCc3ccccc3)[C@@H]2OC(=O)c2ccccc2)[C@@H](OCc2ccccc2)[C@@H]1OC(=O)c1ccccc1. The Labute approximate surface area is 380 Å². The fourth-order valence-corrected chi connectivity index (χ4v) is 14.4. The molecule has 0 bridgehead atoms. The van der Waals surface area contributed by atoms with Crippen LogP contribution in [0.2, 0.25) is 16.6 Å². The monoisotopic (exact) mass is 894 g/mol. The molecule has 64 heavy (non-hydrogen) atoms. The zero-order valence-corrected chi connectivity index (χ0v) is 39.1. The van der Waals surface area contributed by atoms with Gasteiger partial charge in [0.25, 0.3) is 0 Å². The van der Waals surface area contributed by atoms with Crippen LogP contribution in [-0.4, -0.2) is 89.3 Å². The van der Waals surface area contributed by atoms with E-state index in [-0.39, 0.29) is 26.4 Å². The first-order valence-electron chi connectivity index (χ1n) is 22.6. The normalized spacial score (nSPS) is 23.5. The van der Waals surface area contributed by atoms with E-state index in [1.807, 2.05) is 78.9 Å². The smallest absolute Gasteiger partial charge is 0.338 e. The number of ether oxygens (including phenoxy) is 8. The highest BCUT2D eigenvalue weighted by Crippen LogP contribution is 2.43. The van der Waals surface area contributed by atoms with Crippen molar-refractivity contribution in [1.82, 2.24) is 0 Å². The second kappa shape index (κ2) is 24.1. The van der Waals surface area contributed by atoms with Crippen molar-refractivity contribution in [2.45, 2.75) is 133 Å². The molecule has 0 radical (unpaired) electrons. The lowest BCUT2D eigenvalue weighted by Crippen LogP contribution is -2.50.